The van der Waals surface area contributed by atoms with Crippen molar-refractivity contribution < 1.29 is 0 Å². The normalized spacial score (nSPS) is 10.7. The lowest BCUT2D eigenvalue weighted by molar-refractivity contribution is 0.728. The van der Waals surface area contributed by atoms with Crippen LogP contribution in [0.15, 0.2) is 29.3 Å². The summed E-state index contributed by atoms with van der Waals surface area (Å²) in [5.41, 5.74) is 4.64. The van der Waals surface area contributed by atoms with Crippen LogP contribution in [-0.2, 0) is 6.54 Å². The van der Waals surface area contributed by atoms with Crippen molar-refractivity contribution in [1.82, 2.24) is 9.55 Å². The van der Waals surface area contributed by atoms with Crippen molar-refractivity contribution in [3.05, 3.63) is 62.3 Å². The van der Waals surface area contributed by atoms with E-state index in [0.717, 1.165) is 5.56 Å². The summed E-state index contributed by atoms with van der Waals surface area (Å²) < 4.78 is 1.57. The van der Waals surface area contributed by atoms with Gasteiger partial charge in [0.1, 0.15) is 5.15 Å². The molecule has 1 aromatic carbocycles. The number of halogens is 1. The topological polar surface area (TPSA) is 34.9 Å². The summed E-state index contributed by atoms with van der Waals surface area (Å²) in [6.45, 7) is 6.72. The first-order valence-electron chi connectivity index (χ1n) is 5.76. The van der Waals surface area contributed by atoms with E-state index in [9.17, 15) is 4.79 Å². The Balaban J connectivity index is 2.43. The van der Waals surface area contributed by atoms with Crippen molar-refractivity contribution in [2.75, 3.05) is 0 Å². The lowest BCUT2D eigenvalue weighted by atomic mass is 10.00. The van der Waals surface area contributed by atoms with E-state index in [1.54, 1.807) is 4.57 Å². The Bertz CT molecular complexity index is 623. The van der Waals surface area contributed by atoms with E-state index in [2.05, 4.69) is 37.9 Å². The molecule has 0 aliphatic carbocycles. The average molecular weight is 263 g/mol. The maximum Gasteiger partial charge on any atom is 0.255 e. The zero-order valence-electron chi connectivity index (χ0n) is 10.7. The largest absolute Gasteiger partial charge is 0.295 e. The zero-order chi connectivity index (χ0) is 13.3. The molecular formula is C14H15ClN2O. The van der Waals surface area contributed by atoms with E-state index >= 15 is 0 Å². The van der Waals surface area contributed by atoms with Crippen LogP contribution < -0.4 is 5.56 Å². The molecule has 4 heteroatoms. The second-order valence-corrected chi connectivity index (χ2v) is 4.94. The minimum atomic E-state index is -0.130. The Morgan fingerprint density at radius 3 is 2.33 bits per heavy atom. The third-order valence-electron chi connectivity index (χ3n) is 3.01. The predicted molar refractivity (Wildman–Crippen MR) is 73.3 cm³/mol. The highest BCUT2D eigenvalue weighted by Gasteiger charge is 2.06. The number of aromatic nitrogens is 2. The van der Waals surface area contributed by atoms with E-state index < -0.39 is 0 Å². The van der Waals surface area contributed by atoms with Crippen molar-refractivity contribution in [1.29, 1.82) is 0 Å². The number of benzene rings is 1. The second-order valence-electron chi connectivity index (χ2n) is 4.56. The fourth-order valence-corrected chi connectivity index (χ4v) is 2.29. The number of rotatable bonds is 2. The van der Waals surface area contributed by atoms with Gasteiger partial charge in [-0.05, 0) is 37.5 Å². The van der Waals surface area contributed by atoms with Crippen molar-refractivity contribution in [3.8, 4) is 0 Å². The molecule has 94 valence electrons. The average Bonchev–Trinajstić information content (AvgIpc) is 2.25. The van der Waals surface area contributed by atoms with Crippen LogP contribution in [0.2, 0.25) is 5.15 Å². The molecule has 0 atom stereocenters. The van der Waals surface area contributed by atoms with Gasteiger partial charge in [-0.25, -0.2) is 4.98 Å². The van der Waals surface area contributed by atoms with E-state index in [1.807, 2.05) is 0 Å². The highest BCUT2D eigenvalue weighted by Crippen LogP contribution is 2.17. The van der Waals surface area contributed by atoms with Crippen LogP contribution in [0.5, 0.6) is 0 Å². The van der Waals surface area contributed by atoms with E-state index in [-0.39, 0.29) is 10.7 Å². The molecule has 0 radical (unpaired) electrons. The zero-order valence-corrected chi connectivity index (χ0v) is 11.5. The Labute approximate surface area is 111 Å². The van der Waals surface area contributed by atoms with Crippen molar-refractivity contribution in [2.24, 2.45) is 0 Å². The molecule has 1 aromatic heterocycles. The standard InChI is InChI=1S/C14H15ClN2O/c1-9-4-10(2)12(11(3)5-9)7-17-8-16-13(15)6-14(17)18/h4-6,8H,7H2,1-3H3. The highest BCUT2D eigenvalue weighted by atomic mass is 35.5. The van der Waals surface area contributed by atoms with E-state index in [4.69, 9.17) is 11.6 Å². The molecule has 0 bridgehead atoms. The van der Waals surface area contributed by atoms with Crippen molar-refractivity contribution in [2.45, 2.75) is 27.3 Å². The van der Waals surface area contributed by atoms with Crippen LogP contribution in [0.25, 0.3) is 0 Å². The molecule has 0 unspecified atom stereocenters. The summed E-state index contributed by atoms with van der Waals surface area (Å²) in [4.78, 5) is 15.7. The molecule has 0 N–H and O–H groups in total. The van der Waals surface area contributed by atoms with Gasteiger partial charge in [0, 0.05) is 6.07 Å². The highest BCUT2D eigenvalue weighted by molar-refractivity contribution is 6.29. The molecule has 18 heavy (non-hydrogen) atoms. The minimum absolute atomic E-state index is 0.130. The van der Waals surface area contributed by atoms with Crippen LogP contribution >= 0.6 is 11.6 Å². The molecule has 0 amide bonds. The molecule has 0 saturated carbocycles. The van der Waals surface area contributed by atoms with Crippen molar-refractivity contribution >= 4 is 11.6 Å². The maximum absolute atomic E-state index is 11.8. The summed E-state index contributed by atoms with van der Waals surface area (Å²) in [7, 11) is 0. The van der Waals surface area contributed by atoms with Crippen LogP contribution in [-0.4, -0.2) is 9.55 Å². The molecule has 3 nitrogen and oxygen atoms in total. The smallest absolute Gasteiger partial charge is 0.255 e. The fraction of sp³-hybridized carbons (Fsp3) is 0.286. The molecule has 0 aliphatic heterocycles. The minimum Gasteiger partial charge on any atom is -0.295 e. The van der Waals surface area contributed by atoms with Gasteiger partial charge in [0.25, 0.3) is 5.56 Å². The molecule has 0 fully saturated rings. The number of hydrogen-bond donors (Lipinski definition) is 0. The van der Waals surface area contributed by atoms with Gasteiger partial charge in [-0.1, -0.05) is 29.3 Å². The summed E-state index contributed by atoms with van der Waals surface area (Å²) in [5, 5.41) is 0.230. The van der Waals surface area contributed by atoms with E-state index in [0.29, 0.717) is 6.54 Å². The summed E-state index contributed by atoms with van der Waals surface area (Å²) >= 11 is 5.68. The Hall–Kier alpha value is -1.61. The Morgan fingerprint density at radius 1 is 1.17 bits per heavy atom. The van der Waals surface area contributed by atoms with Gasteiger partial charge < -0.3 is 0 Å². The van der Waals surface area contributed by atoms with Crippen LogP contribution in [0, 0.1) is 20.8 Å². The Morgan fingerprint density at radius 2 is 1.78 bits per heavy atom. The third-order valence-corrected chi connectivity index (χ3v) is 3.22. The Kier molecular flexibility index (Phi) is 3.53. The quantitative estimate of drug-likeness (QED) is 0.780. The summed E-state index contributed by atoms with van der Waals surface area (Å²) in [5.74, 6) is 0. The van der Waals surface area contributed by atoms with Gasteiger partial charge in [0.15, 0.2) is 0 Å². The number of hydrogen-bond acceptors (Lipinski definition) is 2. The molecule has 0 spiro atoms. The molecule has 0 saturated heterocycles. The molecule has 2 aromatic rings. The fourth-order valence-electron chi connectivity index (χ4n) is 2.15. The number of aryl methyl sites for hydroxylation is 3. The van der Waals surface area contributed by atoms with Crippen LogP contribution in [0.4, 0.5) is 0 Å². The van der Waals surface area contributed by atoms with Gasteiger partial charge in [0.2, 0.25) is 0 Å². The monoisotopic (exact) mass is 262 g/mol. The lowest BCUT2D eigenvalue weighted by Gasteiger charge is -2.12. The maximum atomic E-state index is 11.8. The van der Waals surface area contributed by atoms with Gasteiger partial charge in [-0.2, -0.15) is 0 Å². The summed E-state index contributed by atoms with van der Waals surface area (Å²) in [6, 6.07) is 5.58. The number of nitrogens with zero attached hydrogens (tertiary/aromatic N) is 2. The first-order valence-corrected chi connectivity index (χ1v) is 6.14. The van der Waals surface area contributed by atoms with Gasteiger partial charge in [-0.15, -0.1) is 0 Å². The lowest BCUT2D eigenvalue weighted by Crippen LogP contribution is -2.20. The van der Waals surface area contributed by atoms with Crippen LogP contribution in [0.3, 0.4) is 0 Å². The molecule has 2 rings (SSSR count). The first-order chi connectivity index (χ1) is 8.47. The van der Waals surface area contributed by atoms with E-state index in [1.165, 1.54) is 29.1 Å². The van der Waals surface area contributed by atoms with Gasteiger partial charge >= 0.3 is 0 Å². The molecule has 1 heterocycles. The SMILES string of the molecule is Cc1cc(C)c(Cn2cnc(Cl)cc2=O)c(C)c1. The molecular weight excluding hydrogens is 248 g/mol. The predicted octanol–water partition coefficient (Wildman–Crippen LogP) is 2.87. The third kappa shape index (κ3) is 2.62. The molecule has 0 aliphatic rings. The van der Waals surface area contributed by atoms with Gasteiger partial charge in [0.05, 0.1) is 12.9 Å². The van der Waals surface area contributed by atoms with Crippen LogP contribution in [0.1, 0.15) is 22.3 Å². The first kappa shape index (κ1) is 12.8. The second kappa shape index (κ2) is 4.94. The summed E-state index contributed by atoms with van der Waals surface area (Å²) in [6.07, 6.45) is 1.49. The van der Waals surface area contributed by atoms with Gasteiger partial charge in [-0.3, -0.25) is 9.36 Å². The van der Waals surface area contributed by atoms with Crippen molar-refractivity contribution in [3.63, 3.8) is 0 Å².